The molecule has 0 aliphatic carbocycles. The second-order valence-corrected chi connectivity index (χ2v) is 5.09. The van der Waals surface area contributed by atoms with Gasteiger partial charge in [-0.2, -0.15) is 0 Å². The third-order valence-corrected chi connectivity index (χ3v) is 3.46. The molecule has 94 valence electrons. The number of phosphoric acid groups is 1. The Morgan fingerprint density at radius 3 is 1.94 bits per heavy atom. The van der Waals surface area contributed by atoms with Crippen molar-refractivity contribution in [2.24, 2.45) is 0 Å². The van der Waals surface area contributed by atoms with Gasteiger partial charge in [-0.25, -0.2) is 4.57 Å². The van der Waals surface area contributed by atoms with Crippen molar-refractivity contribution < 1.29 is 18.9 Å². The standard InChI is InChI=1S/C10H23O4P.Na.H/c1-4-7-8-9-10(5-2,6-3)14-15(11,12)13;;/h4-9H2,1-3H3,(H2,11,12,13);;. The quantitative estimate of drug-likeness (QED) is 0.401. The third-order valence-electron chi connectivity index (χ3n) is 2.84. The Kier molecular flexibility index (Phi) is 11.1. The van der Waals surface area contributed by atoms with Crippen molar-refractivity contribution in [3.63, 3.8) is 0 Å². The van der Waals surface area contributed by atoms with E-state index < -0.39 is 13.4 Å². The second kappa shape index (κ2) is 9.09. The zero-order valence-corrected chi connectivity index (χ0v) is 10.8. The van der Waals surface area contributed by atoms with Crippen LogP contribution >= 0.6 is 7.82 Å². The van der Waals surface area contributed by atoms with Gasteiger partial charge in [-0.3, -0.25) is 4.52 Å². The molecule has 6 heteroatoms. The van der Waals surface area contributed by atoms with Gasteiger partial charge in [0.1, 0.15) is 0 Å². The first kappa shape index (κ1) is 19.4. The Balaban J connectivity index is 0. The normalized spacial score (nSPS) is 12.3. The number of unbranched alkanes of at least 4 members (excludes halogenated alkanes) is 2. The van der Waals surface area contributed by atoms with Gasteiger partial charge in [0.15, 0.2) is 0 Å². The van der Waals surface area contributed by atoms with Gasteiger partial charge in [0.2, 0.25) is 0 Å². The van der Waals surface area contributed by atoms with E-state index >= 15 is 0 Å². The van der Waals surface area contributed by atoms with Crippen LogP contribution in [0.3, 0.4) is 0 Å². The van der Waals surface area contributed by atoms with E-state index in [0.29, 0.717) is 12.8 Å². The molecular formula is C10H24NaO4P. The molecule has 0 rings (SSSR count). The van der Waals surface area contributed by atoms with Gasteiger partial charge < -0.3 is 9.79 Å². The molecular weight excluding hydrogens is 238 g/mol. The minimum atomic E-state index is -4.37. The van der Waals surface area contributed by atoms with Crippen LogP contribution in [0.4, 0.5) is 0 Å². The molecule has 0 atom stereocenters. The summed E-state index contributed by atoms with van der Waals surface area (Å²) < 4.78 is 15.8. The fourth-order valence-electron chi connectivity index (χ4n) is 1.73. The Morgan fingerprint density at radius 1 is 1.12 bits per heavy atom. The monoisotopic (exact) mass is 262 g/mol. The zero-order chi connectivity index (χ0) is 11.9. The molecule has 0 saturated heterocycles. The van der Waals surface area contributed by atoms with E-state index in [1.54, 1.807) is 0 Å². The van der Waals surface area contributed by atoms with E-state index in [-0.39, 0.29) is 29.6 Å². The maximum atomic E-state index is 10.9. The summed E-state index contributed by atoms with van der Waals surface area (Å²) in [4.78, 5) is 17.7. The molecule has 0 fully saturated rings. The second-order valence-electron chi connectivity index (χ2n) is 3.93. The molecule has 0 aromatic rings. The van der Waals surface area contributed by atoms with Crippen molar-refractivity contribution >= 4 is 37.4 Å². The van der Waals surface area contributed by atoms with Crippen molar-refractivity contribution in [1.82, 2.24) is 0 Å². The van der Waals surface area contributed by atoms with Crippen LogP contribution in [-0.2, 0) is 9.09 Å². The van der Waals surface area contributed by atoms with Crippen LogP contribution in [0, 0.1) is 0 Å². The van der Waals surface area contributed by atoms with Gasteiger partial charge in [-0.05, 0) is 19.3 Å². The Morgan fingerprint density at radius 2 is 1.62 bits per heavy atom. The molecule has 0 aromatic heterocycles. The van der Waals surface area contributed by atoms with E-state index in [9.17, 15) is 4.57 Å². The van der Waals surface area contributed by atoms with Crippen LogP contribution in [0.15, 0.2) is 0 Å². The van der Waals surface area contributed by atoms with E-state index in [0.717, 1.165) is 25.7 Å². The minimum absolute atomic E-state index is 0. The van der Waals surface area contributed by atoms with Crippen LogP contribution in [0.1, 0.15) is 59.3 Å². The number of hydrogen-bond donors (Lipinski definition) is 2. The summed E-state index contributed by atoms with van der Waals surface area (Å²) in [5, 5.41) is 0. The van der Waals surface area contributed by atoms with Crippen molar-refractivity contribution in [3.8, 4) is 0 Å². The Labute approximate surface area is 121 Å². The summed E-state index contributed by atoms with van der Waals surface area (Å²) in [5.41, 5.74) is -0.645. The molecule has 4 nitrogen and oxygen atoms in total. The third kappa shape index (κ3) is 8.24. The fourth-order valence-corrected chi connectivity index (χ4v) is 2.58. The summed E-state index contributed by atoms with van der Waals surface area (Å²) in [7, 11) is -4.37. The predicted molar refractivity (Wildman–Crippen MR) is 67.7 cm³/mol. The topological polar surface area (TPSA) is 66.8 Å². The summed E-state index contributed by atoms with van der Waals surface area (Å²) in [5.74, 6) is 0. The van der Waals surface area contributed by atoms with Gasteiger partial charge in [-0.1, -0.05) is 40.0 Å². The summed E-state index contributed by atoms with van der Waals surface area (Å²) >= 11 is 0. The van der Waals surface area contributed by atoms with Crippen LogP contribution in [0.2, 0.25) is 0 Å². The first-order valence-electron chi connectivity index (χ1n) is 5.65. The van der Waals surface area contributed by atoms with Gasteiger partial charge in [-0.15, -0.1) is 0 Å². The van der Waals surface area contributed by atoms with Gasteiger partial charge in [0.25, 0.3) is 0 Å². The molecule has 0 spiro atoms. The summed E-state index contributed by atoms with van der Waals surface area (Å²) in [6, 6.07) is 0. The molecule has 0 radical (unpaired) electrons. The fraction of sp³-hybridized carbons (Fsp3) is 1.00. The van der Waals surface area contributed by atoms with Crippen molar-refractivity contribution in [2.45, 2.75) is 64.9 Å². The SMILES string of the molecule is CCCCCC(CC)(CC)OP(=O)(O)O.[NaH]. The van der Waals surface area contributed by atoms with Crippen LogP contribution in [0.25, 0.3) is 0 Å². The molecule has 0 unspecified atom stereocenters. The van der Waals surface area contributed by atoms with Crippen molar-refractivity contribution in [1.29, 1.82) is 0 Å². The molecule has 0 amide bonds. The molecule has 0 heterocycles. The predicted octanol–water partition coefficient (Wildman–Crippen LogP) is 2.59. The van der Waals surface area contributed by atoms with Crippen LogP contribution in [0.5, 0.6) is 0 Å². The molecule has 2 N–H and O–H groups in total. The van der Waals surface area contributed by atoms with E-state index in [2.05, 4.69) is 6.92 Å². The first-order valence-corrected chi connectivity index (χ1v) is 7.18. The summed E-state index contributed by atoms with van der Waals surface area (Å²) in [6.45, 7) is 5.92. The number of phosphoric ester groups is 1. The van der Waals surface area contributed by atoms with E-state index in [1.165, 1.54) is 0 Å². The molecule has 16 heavy (non-hydrogen) atoms. The average molecular weight is 262 g/mol. The molecule has 0 aromatic carbocycles. The van der Waals surface area contributed by atoms with Gasteiger partial charge >= 0.3 is 37.4 Å². The van der Waals surface area contributed by atoms with Crippen molar-refractivity contribution in [2.75, 3.05) is 0 Å². The summed E-state index contributed by atoms with van der Waals surface area (Å²) in [6.07, 6.45) is 5.12. The molecule has 0 aliphatic heterocycles. The molecule has 0 bridgehead atoms. The first-order chi connectivity index (χ1) is 6.89. The maximum absolute atomic E-state index is 10.9. The number of rotatable bonds is 8. The van der Waals surface area contributed by atoms with E-state index in [1.807, 2.05) is 13.8 Å². The zero-order valence-electron chi connectivity index (χ0n) is 9.90. The van der Waals surface area contributed by atoms with Crippen LogP contribution in [-0.4, -0.2) is 44.9 Å². The van der Waals surface area contributed by atoms with Gasteiger partial charge in [0.05, 0.1) is 5.60 Å². The molecule has 0 aliphatic rings. The number of hydrogen-bond acceptors (Lipinski definition) is 2. The van der Waals surface area contributed by atoms with Gasteiger partial charge in [0, 0.05) is 0 Å². The molecule has 0 saturated carbocycles. The van der Waals surface area contributed by atoms with Crippen molar-refractivity contribution in [3.05, 3.63) is 0 Å². The van der Waals surface area contributed by atoms with E-state index in [4.69, 9.17) is 14.3 Å². The Hall–Kier alpha value is 1.11. The average Bonchev–Trinajstić information content (AvgIpc) is 2.15. The Bertz CT molecular complexity index is 213. The van der Waals surface area contributed by atoms with Crippen LogP contribution < -0.4 is 0 Å².